The minimum Gasteiger partial charge on any atom is -0.507 e. The van der Waals surface area contributed by atoms with Crippen molar-refractivity contribution in [2.24, 2.45) is 0 Å². The maximum absolute atomic E-state index is 9.65. The molecule has 0 saturated carbocycles. The van der Waals surface area contributed by atoms with Crippen LogP contribution in [0.5, 0.6) is 5.75 Å². The van der Waals surface area contributed by atoms with Crippen LogP contribution in [-0.2, 0) is 6.54 Å². The van der Waals surface area contributed by atoms with Gasteiger partial charge in [-0.3, -0.25) is 5.32 Å². The Morgan fingerprint density at radius 3 is 2.38 bits per heavy atom. The lowest BCUT2D eigenvalue weighted by atomic mass is 10.1. The minimum absolute atomic E-state index is 0.120. The van der Waals surface area contributed by atoms with Crippen LogP contribution in [0, 0.1) is 26.2 Å². The molecule has 0 aliphatic carbocycles. The van der Waals surface area contributed by atoms with Gasteiger partial charge in [-0.2, -0.15) is 0 Å². The maximum atomic E-state index is 9.65. The molecule has 0 aromatic heterocycles. The van der Waals surface area contributed by atoms with Gasteiger partial charge in [0.25, 0.3) is 0 Å². The van der Waals surface area contributed by atoms with E-state index in [0.29, 0.717) is 5.75 Å². The summed E-state index contributed by atoms with van der Waals surface area (Å²) in [6.45, 7) is 6.62. The van der Waals surface area contributed by atoms with Gasteiger partial charge in [-0.05, 0) is 37.0 Å². The number of aryl methyl sites for hydroxylation is 2. The van der Waals surface area contributed by atoms with Gasteiger partial charge in [0, 0.05) is 6.54 Å². The summed E-state index contributed by atoms with van der Waals surface area (Å²) in [5.41, 5.74) is 2.97. The first-order chi connectivity index (χ1) is 7.58. The number of terminal acetylenes is 1. The molecule has 1 aromatic rings. The van der Waals surface area contributed by atoms with Crippen molar-refractivity contribution >= 4 is 0 Å². The van der Waals surface area contributed by atoms with Crippen LogP contribution in [0.3, 0.4) is 0 Å². The topological polar surface area (TPSA) is 32.3 Å². The zero-order valence-electron chi connectivity index (χ0n) is 10.2. The molecule has 2 N–H and O–H groups in total. The third-order valence-corrected chi connectivity index (χ3v) is 2.71. The number of rotatable bonds is 4. The van der Waals surface area contributed by atoms with Gasteiger partial charge in [0.15, 0.2) is 0 Å². The highest BCUT2D eigenvalue weighted by Crippen LogP contribution is 2.22. The normalized spacial score (nSPS) is 12.1. The van der Waals surface area contributed by atoms with Gasteiger partial charge in [-0.15, -0.1) is 6.42 Å². The van der Waals surface area contributed by atoms with Crippen molar-refractivity contribution in [3.63, 3.8) is 0 Å². The summed E-state index contributed by atoms with van der Waals surface area (Å²) in [5, 5.41) is 12.9. The van der Waals surface area contributed by atoms with Crippen LogP contribution in [0.1, 0.15) is 30.0 Å². The molecule has 1 aromatic carbocycles. The molecule has 0 heterocycles. The fourth-order valence-electron chi connectivity index (χ4n) is 1.71. The molecule has 0 radical (unpaired) electrons. The van der Waals surface area contributed by atoms with E-state index in [1.807, 2.05) is 26.0 Å². The molecule has 1 atom stereocenters. The van der Waals surface area contributed by atoms with E-state index in [9.17, 15) is 5.11 Å². The van der Waals surface area contributed by atoms with Crippen LogP contribution in [0.25, 0.3) is 0 Å². The number of hydrogen-bond acceptors (Lipinski definition) is 2. The number of phenolic OH excluding ortho intramolecular Hbond substituents is 1. The third-order valence-electron chi connectivity index (χ3n) is 2.71. The fourth-order valence-corrected chi connectivity index (χ4v) is 1.71. The van der Waals surface area contributed by atoms with E-state index in [-0.39, 0.29) is 6.04 Å². The number of phenols is 1. The first-order valence-electron chi connectivity index (χ1n) is 5.57. The molecular formula is C14H19NO. The average molecular weight is 217 g/mol. The van der Waals surface area contributed by atoms with Gasteiger partial charge in [0.05, 0.1) is 6.04 Å². The quantitative estimate of drug-likeness (QED) is 0.759. The molecule has 0 bridgehead atoms. The SMILES string of the molecule is C#CC(CC)NCc1cc(C)c(O)c(C)c1. The Morgan fingerprint density at radius 1 is 1.38 bits per heavy atom. The molecule has 0 aliphatic heterocycles. The number of nitrogens with one attached hydrogen (secondary N) is 1. The van der Waals surface area contributed by atoms with Crippen molar-refractivity contribution in [1.29, 1.82) is 0 Å². The Kier molecular flexibility index (Phi) is 4.39. The van der Waals surface area contributed by atoms with Crippen molar-refractivity contribution in [3.05, 3.63) is 28.8 Å². The predicted octanol–water partition coefficient (Wildman–Crippen LogP) is 2.51. The van der Waals surface area contributed by atoms with E-state index < -0.39 is 0 Å². The fraction of sp³-hybridized carbons (Fsp3) is 0.429. The monoisotopic (exact) mass is 217 g/mol. The Bertz CT molecular complexity index is 381. The summed E-state index contributed by atoms with van der Waals surface area (Å²) >= 11 is 0. The van der Waals surface area contributed by atoms with E-state index in [1.165, 1.54) is 0 Å². The van der Waals surface area contributed by atoms with Gasteiger partial charge in [-0.25, -0.2) is 0 Å². The molecule has 86 valence electrons. The lowest BCUT2D eigenvalue weighted by Crippen LogP contribution is -2.26. The molecule has 0 fully saturated rings. The predicted molar refractivity (Wildman–Crippen MR) is 67.3 cm³/mol. The third kappa shape index (κ3) is 3.01. The Morgan fingerprint density at radius 2 is 1.94 bits per heavy atom. The first kappa shape index (κ1) is 12.6. The molecule has 0 amide bonds. The van der Waals surface area contributed by atoms with Crippen LogP contribution >= 0.6 is 0 Å². The lowest BCUT2D eigenvalue weighted by Gasteiger charge is -2.12. The van der Waals surface area contributed by atoms with Gasteiger partial charge in [0.1, 0.15) is 5.75 Å². The van der Waals surface area contributed by atoms with Crippen LogP contribution < -0.4 is 5.32 Å². The van der Waals surface area contributed by atoms with Gasteiger partial charge < -0.3 is 5.11 Å². The standard InChI is InChI=1S/C14H19NO/c1-5-13(6-2)15-9-12-7-10(3)14(16)11(4)8-12/h1,7-8,13,15-16H,6,9H2,2-4H3. The summed E-state index contributed by atoms with van der Waals surface area (Å²) in [4.78, 5) is 0. The second kappa shape index (κ2) is 5.58. The summed E-state index contributed by atoms with van der Waals surface area (Å²) < 4.78 is 0. The summed E-state index contributed by atoms with van der Waals surface area (Å²) in [5.74, 6) is 3.08. The number of aromatic hydroxyl groups is 1. The van der Waals surface area contributed by atoms with Gasteiger partial charge in [0.2, 0.25) is 0 Å². The Labute approximate surface area is 97.7 Å². The average Bonchev–Trinajstić information content (AvgIpc) is 2.27. The van der Waals surface area contributed by atoms with Crippen LogP contribution in [0.2, 0.25) is 0 Å². The smallest absolute Gasteiger partial charge is 0.121 e. The zero-order valence-corrected chi connectivity index (χ0v) is 10.2. The highest BCUT2D eigenvalue weighted by molar-refractivity contribution is 5.42. The largest absolute Gasteiger partial charge is 0.507 e. The van der Waals surface area contributed by atoms with Gasteiger partial charge in [-0.1, -0.05) is 25.0 Å². The molecular weight excluding hydrogens is 198 g/mol. The van der Waals surface area contributed by atoms with Crippen molar-refractivity contribution in [2.75, 3.05) is 0 Å². The molecule has 1 rings (SSSR count). The molecule has 0 spiro atoms. The van der Waals surface area contributed by atoms with Crippen LogP contribution in [-0.4, -0.2) is 11.1 Å². The van der Waals surface area contributed by atoms with Gasteiger partial charge >= 0.3 is 0 Å². The molecule has 16 heavy (non-hydrogen) atoms. The van der Waals surface area contributed by atoms with Crippen molar-refractivity contribution < 1.29 is 5.11 Å². The Hall–Kier alpha value is -1.46. The highest BCUT2D eigenvalue weighted by Gasteiger charge is 2.05. The second-order valence-electron chi connectivity index (χ2n) is 4.09. The second-order valence-corrected chi connectivity index (χ2v) is 4.09. The minimum atomic E-state index is 0.120. The van der Waals surface area contributed by atoms with E-state index >= 15 is 0 Å². The first-order valence-corrected chi connectivity index (χ1v) is 5.57. The van der Waals surface area contributed by atoms with E-state index in [4.69, 9.17) is 6.42 Å². The zero-order chi connectivity index (χ0) is 12.1. The molecule has 2 heteroatoms. The lowest BCUT2D eigenvalue weighted by molar-refractivity contribution is 0.466. The highest BCUT2D eigenvalue weighted by atomic mass is 16.3. The summed E-state index contributed by atoms with van der Waals surface area (Å²) in [6.07, 6.45) is 6.30. The molecule has 2 nitrogen and oxygen atoms in total. The van der Waals surface area contributed by atoms with Crippen LogP contribution in [0.4, 0.5) is 0 Å². The van der Waals surface area contributed by atoms with Crippen LogP contribution in [0.15, 0.2) is 12.1 Å². The molecule has 0 saturated heterocycles. The summed E-state index contributed by atoms with van der Waals surface area (Å²) in [6, 6.07) is 4.09. The van der Waals surface area contributed by atoms with Crippen molar-refractivity contribution in [1.82, 2.24) is 5.32 Å². The number of hydrogen-bond donors (Lipinski definition) is 2. The van der Waals surface area contributed by atoms with Crippen molar-refractivity contribution in [3.8, 4) is 18.1 Å². The van der Waals surface area contributed by atoms with E-state index in [1.54, 1.807) is 0 Å². The molecule has 0 aliphatic rings. The summed E-state index contributed by atoms with van der Waals surface area (Å²) in [7, 11) is 0. The Balaban J connectivity index is 2.72. The van der Waals surface area contributed by atoms with Crippen molar-refractivity contribution in [2.45, 2.75) is 39.8 Å². The van der Waals surface area contributed by atoms with E-state index in [0.717, 1.165) is 29.7 Å². The number of benzene rings is 1. The van der Waals surface area contributed by atoms with E-state index in [2.05, 4.69) is 18.2 Å². The maximum Gasteiger partial charge on any atom is 0.121 e. The molecule has 1 unspecified atom stereocenters.